The number of unbranched alkanes of at least 4 members (excludes halogenated alkanes) is 2. The molecule has 31 heavy (non-hydrogen) atoms. The first kappa shape index (κ1) is 21.2. The van der Waals surface area contributed by atoms with E-state index in [0.717, 1.165) is 44.0 Å². The van der Waals surface area contributed by atoms with Crippen LogP contribution >= 0.6 is 0 Å². The van der Waals surface area contributed by atoms with Crippen LogP contribution in [0.15, 0.2) is 60.7 Å². The number of rotatable bonds is 8. The molecule has 4 aromatic rings. The van der Waals surface area contributed by atoms with Crippen molar-refractivity contribution in [3.8, 4) is 11.5 Å². The highest BCUT2D eigenvalue weighted by molar-refractivity contribution is 5.86. The molecule has 0 N–H and O–H groups in total. The van der Waals surface area contributed by atoms with E-state index in [2.05, 4.69) is 88.4 Å². The molecule has 0 amide bonds. The standard InChI is InChI=1S/C29H32O2/c1-20-8-10-24-18-28(22(3)16-26(24)14-20)30-12-6-5-7-13-31-29-19-25-11-9-21(2)15-27(25)17-23(29)4/h8-11,14-19H,5-7,12-13H2,1-4H3. The maximum atomic E-state index is 6.08. The van der Waals surface area contributed by atoms with Crippen molar-refractivity contribution in [2.45, 2.75) is 47.0 Å². The predicted molar refractivity (Wildman–Crippen MR) is 132 cm³/mol. The van der Waals surface area contributed by atoms with Crippen LogP contribution in [0.3, 0.4) is 0 Å². The fourth-order valence-corrected chi connectivity index (χ4v) is 4.08. The summed E-state index contributed by atoms with van der Waals surface area (Å²) in [6, 6.07) is 21.9. The lowest BCUT2D eigenvalue weighted by Gasteiger charge is -2.12. The van der Waals surface area contributed by atoms with Crippen LogP contribution in [0, 0.1) is 27.7 Å². The minimum atomic E-state index is 0.743. The van der Waals surface area contributed by atoms with Crippen LogP contribution in [0.5, 0.6) is 11.5 Å². The van der Waals surface area contributed by atoms with Gasteiger partial charge >= 0.3 is 0 Å². The summed E-state index contributed by atoms with van der Waals surface area (Å²) in [5, 5.41) is 5.03. The van der Waals surface area contributed by atoms with Gasteiger partial charge in [0.05, 0.1) is 13.2 Å². The average Bonchev–Trinajstić information content (AvgIpc) is 2.73. The van der Waals surface area contributed by atoms with Crippen molar-refractivity contribution in [3.63, 3.8) is 0 Å². The fraction of sp³-hybridized carbons (Fsp3) is 0.310. The second kappa shape index (κ2) is 9.43. The molecule has 0 aliphatic rings. The van der Waals surface area contributed by atoms with Gasteiger partial charge in [0, 0.05) is 0 Å². The monoisotopic (exact) mass is 412 g/mol. The van der Waals surface area contributed by atoms with Crippen molar-refractivity contribution in [1.82, 2.24) is 0 Å². The molecular formula is C29H32O2. The van der Waals surface area contributed by atoms with Crippen LogP contribution in [0.25, 0.3) is 21.5 Å². The molecule has 0 spiro atoms. The Kier molecular flexibility index (Phi) is 6.46. The maximum absolute atomic E-state index is 6.08. The molecule has 0 aromatic heterocycles. The molecule has 4 rings (SSSR count). The zero-order chi connectivity index (χ0) is 21.8. The number of fused-ring (bicyclic) bond motifs is 2. The fourth-order valence-electron chi connectivity index (χ4n) is 4.08. The van der Waals surface area contributed by atoms with Crippen LogP contribution in [-0.2, 0) is 0 Å². The Morgan fingerprint density at radius 2 is 0.935 bits per heavy atom. The van der Waals surface area contributed by atoms with Gasteiger partial charge in [-0.2, -0.15) is 0 Å². The summed E-state index contributed by atoms with van der Waals surface area (Å²) in [7, 11) is 0. The van der Waals surface area contributed by atoms with Crippen molar-refractivity contribution in [3.05, 3.63) is 82.9 Å². The van der Waals surface area contributed by atoms with Gasteiger partial charge in [0.2, 0.25) is 0 Å². The van der Waals surface area contributed by atoms with E-state index in [9.17, 15) is 0 Å². The summed E-state index contributed by atoms with van der Waals surface area (Å²) in [5.74, 6) is 1.99. The Hall–Kier alpha value is -3.00. The summed E-state index contributed by atoms with van der Waals surface area (Å²) in [6.45, 7) is 9.99. The van der Waals surface area contributed by atoms with Gasteiger partial charge in [-0.15, -0.1) is 0 Å². The molecular weight excluding hydrogens is 380 g/mol. The van der Waals surface area contributed by atoms with Crippen LogP contribution < -0.4 is 9.47 Å². The van der Waals surface area contributed by atoms with E-state index >= 15 is 0 Å². The molecule has 4 aromatic carbocycles. The SMILES string of the molecule is Cc1ccc2cc(OCCCCCOc3cc4ccc(C)cc4cc3C)c(C)cc2c1. The highest BCUT2D eigenvalue weighted by Crippen LogP contribution is 2.28. The zero-order valence-electron chi connectivity index (χ0n) is 19.1. The molecule has 0 radical (unpaired) electrons. The van der Waals surface area contributed by atoms with E-state index in [4.69, 9.17) is 9.47 Å². The van der Waals surface area contributed by atoms with Gasteiger partial charge < -0.3 is 9.47 Å². The highest BCUT2D eigenvalue weighted by atomic mass is 16.5. The first-order valence-corrected chi connectivity index (χ1v) is 11.3. The second-order valence-corrected chi connectivity index (χ2v) is 8.69. The summed E-state index contributed by atoms with van der Waals surface area (Å²) in [6.07, 6.45) is 3.16. The van der Waals surface area contributed by atoms with Gasteiger partial charge in [-0.1, -0.05) is 47.5 Å². The second-order valence-electron chi connectivity index (χ2n) is 8.69. The average molecular weight is 413 g/mol. The van der Waals surface area contributed by atoms with E-state index in [1.807, 2.05) is 0 Å². The number of benzene rings is 4. The first-order valence-electron chi connectivity index (χ1n) is 11.3. The molecule has 0 aliphatic carbocycles. The van der Waals surface area contributed by atoms with Crippen LogP contribution in [-0.4, -0.2) is 13.2 Å². The molecule has 0 unspecified atom stereocenters. The molecule has 0 saturated heterocycles. The van der Waals surface area contributed by atoms with E-state index in [1.165, 1.54) is 43.8 Å². The lowest BCUT2D eigenvalue weighted by atomic mass is 10.0. The van der Waals surface area contributed by atoms with Crippen molar-refractivity contribution in [2.24, 2.45) is 0 Å². The highest BCUT2D eigenvalue weighted by Gasteiger charge is 2.05. The van der Waals surface area contributed by atoms with Gasteiger partial charge in [-0.25, -0.2) is 0 Å². The van der Waals surface area contributed by atoms with Crippen LogP contribution in [0.2, 0.25) is 0 Å². The zero-order valence-corrected chi connectivity index (χ0v) is 19.1. The normalized spacial score (nSPS) is 11.2. The first-order chi connectivity index (χ1) is 15.0. The molecule has 0 fully saturated rings. The number of hydrogen-bond acceptors (Lipinski definition) is 2. The lowest BCUT2D eigenvalue weighted by molar-refractivity contribution is 0.278. The number of aryl methyl sites for hydroxylation is 4. The molecule has 0 bridgehead atoms. The van der Waals surface area contributed by atoms with Crippen LogP contribution in [0.4, 0.5) is 0 Å². The molecule has 0 heterocycles. The molecule has 160 valence electrons. The van der Waals surface area contributed by atoms with Gasteiger partial charge in [-0.05, 0) is 104 Å². The minimum Gasteiger partial charge on any atom is -0.493 e. The lowest BCUT2D eigenvalue weighted by Crippen LogP contribution is -2.02. The summed E-state index contributed by atoms with van der Waals surface area (Å²) < 4.78 is 12.2. The molecule has 0 aliphatic heterocycles. The molecule has 0 atom stereocenters. The van der Waals surface area contributed by atoms with E-state index in [0.29, 0.717) is 0 Å². The van der Waals surface area contributed by atoms with Crippen LogP contribution in [0.1, 0.15) is 41.5 Å². The van der Waals surface area contributed by atoms with Crippen molar-refractivity contribution in [1.29, 1.82) is 0 Å². The van der Waals surface area contributed by atoms with Gasteiger partial charge in [0.15, 0.2) is 0 Å². The van der Waals surface area contributed by atoms with E-state index in [-0.39, 0.29) is 0 Å². The number of hydrogen-bond donors (Lipinski definition) is 0. The summed E-state index contributed by atoms with van der Waals surface area (Å²) >= 11 is 0. The minimum absolute atomic E-state index is 0.743. The Morgan fingerprint density at radius 1 is 0.484 bits per heavy atom. The van der Waals surface area contributed by atoms with Gasteiger partial charge in [0.1, 0.15) is 11.5 Å². The maximum Gasteiger partial charge on any atom is 0.122 e. The van der Waals surface area contributed by atoms with Gasteiger partial charge in [0.25, 0.3) is 0 Å². The Bertz CT molecular complexity index is 1110. The summed E-state index contributed by atoms with van der Waals surface area (Å²) in [4.78, 5) is 0. The summed E-state index contributed by atoms with van der Waals surface area (Å²) in [5.41, 5.74) is 4.97. The van der Waals surface area contributed by atoms with Crippen molar-refractivity contribution < 1.29 is 9.47 Å². The predicted octanol–water partition coefficient (Wildman–Crippen LogP) is 7.85. The Labute approximate surface area is 185 Å². The van der Waals surface area contributed by atoms with E-state index in [1.54, 1.807) is 0 Å². The Morgan fingerprint density at radius 3 is 1.39 bits per heavy atom. The third-order valence-electron chi connectivity index (χ3n) is 5.88. The molecule has 2 nitrogen and oxygen atoms in total. The molecule has 0 saturated carbocycles. The topological polar surface area (TPSA) is 18.5 Å². The smallest absolute Gasteiger partial charge is 0.122 e. The third-order valence-corrected chi connectivity index (χ3v) is 5.88. The van der Waals surface area contributed by atoms with E-state index < -0.39 is 0 Å². The Balaban J connectivity index is 1.23. The quantitative estimate of drug-likeness (QED) is 0.274. The van der Waals surface area contributed by atoms with Crippen molar-refractivity contribution in [2.75, 3.05) is 13.2 Å². The number of ether oxygens (including phenoxy) is 2. The van der Waals surface area contributed by atoms with Crippen molar-refractivity contribution >= 4 is 21.5 Å². The third kappa shape index (κ3) is 5.19. The molecule has 2 heteroatoms. The largest absolute Gasteiger partial charge is 0.493 e. The van der Waals surface area contributed by atoms with Gasteiger partial charge in [-0.3, -0.25) is 0 Å².